The van der Waals surface area contributed by atoms with Gasteiger partial charge < -0.3 is 10.2 Å². The van der Waals surface area contributed by atoms with E-state index >= 15 is 0 Å². The number of nitrogens with one attached hydrogen (secondary N) is 1. The van der Waals surface area contributed by atoms with Gasteiger partial charge in [0.25, 0.3) is 0 Å². The Hall–Kier alpha value is -1.86. The Morgan fingerprint density at radius 2 is 2.15 bits per heavy atom. The molecule has 2 aliphatic heterocycles. The molecule has 0 bridgehead atoms. The van der Waals surface area contributed by atoms with Crippen LogP contribution in [-0.4, -0.2) is 38.4 Å². The van der Waals surface area contributed by atoms with Crippen molar-refractivity contribution in [3.05, 3.63) is 35.2 Å². The summed E-state index contributed by atoms with van der Waals surface area (Å²) in [6.07, 6.45) is 2.35. The quantitative estimate of drug-likeness (QED) is 0.868. The summed E-state index contributed by atoms with van der Waals surface area (Å²) in [5.74, 6) is 0.581. The fourth-order valence-corrected chi connectivity index (χ4v) is 5.73. The van der Waals surface area contributed by atoms with Gasteiger partial charge in [0.2, 0.25) is 11.8 Å². The molecule has 0 unspecified atom stereocenters. The summed E-state index contributed by atoms with van der Waals surface area (Å²) in [5, 5.41) is 5.44. The van der Waals surface area contributed by atoms with Crippen LogP contribution in [0.1, 0.15) is 32.3 Å². The maximum Gasteiger partial charge on any atom is 0.249 e. The van der Waals surface area contributed by atoms with Crippen LogP contribution in [0.4, 0.5) is 5.13 Å². The average molecular weight is 388 g/mol. The molecule has 3 heterocycles. The lowest BCUT2D eigenvalue weighted by atomic mass is 10.1. The first-order valence-corrected chi connectivity index (χ1v) is 10.7. The van der Waals surface area contributed by atoms with Crippen LogP contribution in [-0.2, 0) is 16.0 Å². The third-order valence-electron chi connectivity index (χ3n) is 5.14. The molecule has 26 heavy (non-hydrogen) atoms. The molecule has 2 atom stereocenters. The number of thiazole rings is 1. The number of carbonyl (C=O) groups is 2. The van der Waals surface area contributed by atoms with E-state index in [2.05, 4.69) is 48.4 Å². The number of hydrogen-bond donors (Lipinski definition) is 1. The first kappa shape index (κ1) is 17.5. The summed E-state index contributed by atoms with van der Waals surface area (Å²) in [6, 6.07) is 7.91. The minimum Gasteiger partial charge on any atom is -0.315 e. The van der Waals surface area contributed by atoms with Crippen molar-refractivity contribution in [2.24, 2.45) is 0 Å². The molecule has 0 saturated carbocycles. The molecule has 1 aromatic carbocycles. The van der Waals surface area contributed by atoms with Crippen LogP contribution in [0.25, 0.3) is 11.3 Å². The fraction of sp³-hybridized carbons (Fsp3) is 0.421. The van der Waals surface area contributed by atoms with E-state index in [-0.39, 0.29) is 16.7 Å². The smallest absolute Gasteiger partial charge is 0.249 e. The minimum absolute atomic E-state index is 0.0773. The van der Waals surface area contributed by atoms with Gasteiger partial charge in [0.05, 0.1) is 10.6 Å². The molecule has 5 nitrogen and oxygen atoms in total. The van der Waals surface area contributed by atoms with Crippen molar-refractivity contribution in [2.45, 2.75) is 44.0 Å². The predicted molar refractivity (Wildman–Crippen MR) is 106 cm³/mol. The Labute approximate surface area is 161 Å². The lowest BCUT2D eigenvalue weighted by molar-refractivity contribution is -0.135. The number of rotatable bonds is 4. The Bertz CT molecular complexity index is 849. The van der Waals surface area contributed by atoms with Gasteiger partial charge in [-0.25, -0.2) is 4.98 Å². The molecule has 0 spiro atoms. The van der Waals surface area contributed by atoms with Crippen LogP contribution >= 0.6 is 23.1 Å². The third kappa shape index (κ3) is 3.03. The highest BCUT2D eigenvalue weighted by atomic mass is 32.2. The SMILES string of the molecule is CCc1ccc(-c2csc(NC(=O)[C@H]3CS[C@]4(C)CCC(=O)N34)n2)cc1. The molecule has 2 amide bonds. The number of anilines is 1. The van der Waals surface area contributed by atoms with Crippen molar-refractivity contribution in [2.75, 3.05) is 11.1 Å². The molecule has 2 saturated heterocycles. The van der Waals surface area contributed by atoms with Crippen molar-refractivity contribution < 1.29 is 9.59 Å². The number of benzene rings is 1. The van der Waals surface area contributed by atoms with Crippen LogP contribution in [0.2, 0.25) is 0 Å². The molecular weight excluding hydrogens is 366 g/mol. The van der Waals surface area contributed by atoms with Gasteiger partial charge in [-0.2, -0.15) is 0 Å². The van der Waals surface area contributed by atoms with Gasteiger partial charge >= 0.3 is 0 Å². The van der Waals surface area contributed by atoms with Gasteiger partial charge in [0.15, 0.2) is 5.13 Å². The highest BCUT2D eigenvalue weighted by Gasteiger charge is 2.52. The second kappa shape index (κ2) is 6.70. The predicted octanol–water partition coefficient (Wildman–Crippen LogP) is 3.77. The number of aryl methyl sites for hydroxylation is 1. The van der Waals surface area contributed by atoms with Crippen molar-refractivity contribution in [1.29, 1.82) is 0 Å². The number of thioether (sulfide) groups is 1. The lowest BCUT2D eigenvalue weighted by Crippen LogP contribution is -2.48. The van der Waals surface area contributed by atoms with E-state index < -0.39 is 6.04 Å². The Balaban J connectivity index is 1.47. The molecule has 2 fully saturated rings. The summed E-state index contributed by atoms with van der Waals surface area (Å²) in [6.45, 7) is 4.18. The highest BCUT2D eigenvalue weighted by Crippen LogP contribution is 2.47. The molecule has 2 aromatic rings. The Morgan fingerprint density at radius 3 is 2.88 bits per heavy atom. The molecule has 4 rings (SSSR count). The standard InChI is InChI=1S/C19H21N3O2S2/c1-3-12-4-6-13(7-5-12)14-10-25-18(20-14)21-17(24)15-11-26-19(2)9-8-16(23)22(15)19/h4-7,10,15H,3,8-9,11H2,1-2H3,(H,20,21,24)/t15-,19-/m1/s1. The highest BCUT2D eigenvalue weighted by molar-refractivity contribution is 8.01. The molecule has 0 aliphatic carbocycles. The molecule has 7 heteroatoms. The number of aromatic nitrogens is 1. The van der Waals surface area contributed by atoms with Crippen LogP contribution in [0, 0.1) is 0 Å². The summed E-state index contributed by atoms with van der Waals surface area (Å²) in [5.41, 5.74) is 3.18. The van der Waals surface area contributed by atoms with E-state index in [1.165, 1.54) is 16.9 Å². The van der Waals surface area contributed by atoms with Crippen molar-refractivity contribution >= 4 is 40.0 Å². The Kier molecular flexibility index (Phi) is 4.52. The van der Waals surface area contributed by atoms with Crippen LogP contribution in [0.3, 0.4) is 0 Å². The summed E-state index contributed by atoms with van der Waals surface area (Å²) in [4.78, 5) is 31.0. The van der Waals surface area contributed by atoms with Gasteiger partial charge in [-0.05, 0) is 25.3 Å². The van der Waals surface area contributed by atoms with Crippen LogP contribution < -0.4 is 5.32 Å². The normalized spacial score (nSPS) is 24.8. The summed E-state index contributed by atoms with van der Waals surface area (Å²) >= 11 is 3.11. The molecule has 1 aromatic heterocycles. The van der Waals surface area contributed by atoms with Gasteiger partial charge in [0, 0.05) is 23.1 Å². The molecule has 0 radical (unpaired) electrons. The van der Waals surface area contributed by atoms with Gasteiger partial charge in [-0.1, -0.05) is 31.2 Å². The maximum atomic E-state index is 12.7. The fourth-order valence-electron chi connectivity index (χ4n) is 3.58. The Morgan fingerprint density at radius 1 is 1.38 bits per heavy atom. The molecule has 1 N–H and O–H groups in total. The van der Waals surface area contributed by atoms with Gasteiger partial charge in [0.1, 0.15) is 6.04 Å². The third-order valence-corrected chi connectivity index (χ3v) is 7.40. The number of nitrogens with zero attached hydrogens (tertiary/aromatic N) is 2. The van der Waals surface area contributed by atoms with E-state index in [9.17, 15) is 9.59 Å². The monoisotopic (exact) mass is 387 g/mol. The zero-order valence-corrected chi connectivity index (χ0v) is 16.5. The second-order valence-corrected chi connectivity index (χ2v) is 9.20. The zero-order chi connectivity index (χ0) is 18.3. The van der Waals surface area contributed by atoms with E-state index in [0.29, 0.717) is 17.3 Å². The van der Waals surface area contributed by atoms with E-state index in [1.54, 1.807) is 16.7 Å². The largest absolute Gasteiger partial charge is 0.315 e. The molecular formula is C19H21N3O2S2. The van der Waals surface area contributed by atoms with E-state index in [1.807, 2.05) is 5.38 Å². The van der Waals surface area contributed by atoms with Crippen LogP contribution in [0.15, 0.2) is 29.6 Å². The number of fused-ring (bicyclic) bond motifs is 1. The lowest BCUT2D eigenvalue weighted by Gasteiger charge is -2.29. The molecule has 136 valence electrons. The first-order valence-electron chi connectivity index (χ1n) is 8.82. The zero-order valence-electron chi connectivity index (χ0n) is 14.8. The van der Waals surface area contributed by atoms with Gasteiger partial charge in [-0.15, -0.1) is 23.1 Å². The van der Waals surface area contributed by atoms with Gasteiger partial charge in [-0.3, -0.25) is 9.59 Å². The van der Waals surface area contributed by atoms with E-state index in [0.717, 1.165) is 24.1 Å². The maximum absolute atomic E-state index is 12.7. The average Bonchev–Trinajstić information content (AvgIpc) is 3.31. The van der Waals surface area contributed by atoms with E-state index in [4.69, 9.17) is 0 Å². The molecule has 2 aliphatic rings. The first-order chi connectivity index (χ1) is 12.5. The summed E-state index contributed by atoms with van der Waals surface area (Å²) < 4.78 is 0. The second-order valence-electron chi connectivity index (χ2n) is 6.84. The minimum atomic E-state index is -0.406. The number of hydrogen-bond acceptors (Lipinski definition) is 5. The number of amides is 2. The number of carbonyl (C=O) groups excluding carboxylic acids is 2. The van der Waals surface area contributed by atoms with Crippen molar-refractivity contribution in [3.63, 3.8) is 0 Å². The van der Waals surface area contributed by atoms with Crippen molar-refractivity contribution in [1.82, 2.24) is 9.88 Å². The van der Waals surface area contributed by atoms with Crippen LogP contribution in [0.5, 0.6) is 0 Å². The summed E-state index contributed by atoms with van der Waals surface area (Å²) in [7, 11) is 0. The van der Waals surface area contributed by atoms with Crippen molar-refractivity contribution in [3.8, 4) is 11.3 Å². The topological polar surface area (TPSA) is 62.3 Å².